The summed E-state index contributed by atoms with van der Waals surface area (Å²) in [6, 6.07) is 17.9. The predicted octanol–water partition coefficient (Wildman–Crippen LogP) is 3.74. The number of rotatable bonds is 0. The van der Waals surface area contributed by atoms with Gasteiger partial charge in [0.15, 0.2) is 0 Å². The fourth-order valence-electron chi connectivity index (χ4n) is 4.25. The Balaban J connectivity index is 1.88. The van der Waals surface area contributed by atoms with Gasteiger partial charge in [-0.3, -0.25) is 0 Å². The molecule has 0 heterocycles. The van der Waals surface area contributed by atoms with Crippen LogP contribution in [0.2, 0.25) is 0 Å². The molecule has 0 N–H and O–H groups in total. The largest absolute Gasteiger partial charge is 0.0788 e. The van der Waals surface area contributed by atoms with Gasteiger partial charge in [-0.2, -0.15) is 0 Å². The van der Waals surface area contributed by atoms with E-state index < -0.39 is 0 Å². The summed E-state index contributed by atoms with van der Waals surface area (Å²) in [5.74, 6) is 1.27. The number of hydrogen-bond acceptors (Lipinski definition) is 0. The van der Waals surface area contributed by atoms with E-state index in [9.17, 15) is 0 Å². The van der Waals surface area contributed by atoms with E-state index in [-0.39, 0.29) is 0 Å². The first-order valence-electron chi connectivity index (χ1n) is 6.30. The maximum absolute atomic E-state index is 2.44. The van der Waals surface area contributed by atoms with E-state index in [2.05, 4.69) is 60.7 Å². The highest BCUT2D eigenvalue weighted by atomic mass is 14.6. The van der Waals surface area contributed by atoms with E-state index in [0.717, 1.165) is 0 Å². The second-order valence-corrected chi connectivity index (χ2v) is 5.42. The molecule has 0 saturated carbocycles. The second kappa shape index (κ2) is 2.38. The zero-order valence-electron chi connectivity index (χ0n) is 9.43. The molecule has 0 fully saturated rings. The van der Waals surface area contributed by atoms with Gasteiger partial charge in [-0.15, -0.1) is 0 Å². The fraction of sp³-hybridized carbons (Fsp3) is 0.176. The van der Waals surface area contributed by atoms with Gasteiger partial charge in [-0.1, -0.05) is 60.7 Å². The third kappa shape index (κ3) is 0.667. The smallest absolute Gasteiger partial charge is 0.0348 e. The molecule has 0 aromatic heterocycles. The zero-order valence-corrected chi connectivity index (χ0v) is 9.43. The van der Waals surface area contributed by atoms with E-state index in [1.54, 1.807) is 22.3 Å². The topological polar surface area (TPSA) is 0 Å². The van der Waals surface area contributed by atoms with Crippen LogP contribution in [0.4, 0.5) is 0 Å². The van der Waals surface area contributed by atoms with Gasteiger partial charge < -0.3 is 0 Å². The van der Waals surface area contributed by atoms with Gasteiger partial charge in [0, 0.05) is 17.3 Å². The van der Waals surface area contributed by atoms with Gasteiger partial charge >= 0.3 is 0 Å². The van der Waals surface area contributed by atoms with E-state index in [1.807, 2.05) is 0 Å². The average Bonchev–Trinajstić information content (AvgIpc) is 2.47. The van der Waals surface area contributed by atoms with Crippen molar-refractivity contribution in [1.29, 1.82) is 0 Å². The van der Waals surface area contributed by atoms with Gasteiger partial charge in [0.1, 0.15) is 0 Å². The van der Waals surface area contributed by atoms with Crippen molar-refractivity contribution >= 4 is 0 Å². The Morgan fingerprint density at radius 2 is 1.47 bits per heavy atom. The minimum Gasteiger partial charge on any atom is -0.0788 e. The standard InChI is InChI=1S/C17H12/c1-2-6-12-11(5-1)15-9-10-17(15)14-8-4-3-7-13(14)16(12)17/h1-10,15-16H. The quantitative estimate of drug-likeness (QED) is 0.588. The summed E-state index contributed by atoms with van der Waals surface area (Å²) in [4.78, 5) is 0. The molecule has 80 valence electrons. The highest BCUT2D eigenvalue weighted by Gasteiger charge is 2.63. The first-order valence-corrected chi connectivity index (χ1v) is 6.30. The molecule has 0 radical (unpaired) electrons. The molecule has 3 unspecified atom stereocenters. The third-order valence-corrected chi connectivity index (χ3v) is 4.94. The summed E-state index contributed by atoms with van der Waals surface area (Å²) in [5, 5.41) is 0. The van der Waals surface area contributed by atoms with Gasteiger partial charge in [-0.25, -0.2) is 0 Å². The number of benzene rings is 2. The minimum absolute atomic E-state index is 0.334. The first kappa shape index (κ1) is 8.30. The lowest BCUT2D eigenvalue weighted by molar-refractivity contribution is 0.369. The van der Waals surface area contributed by atoms with E-state index in [4.69, 9.17) is 0 Å². The van der Waals surface area contributed by atoms with Crippen LogP contribution in [-0.4, -0.2) is 0 Å². The van der Waals surface area contributed by atoms with Crippen molar-refractivity contribution in [3.63, 3.8) is 0 Å². The summed E-state index contributed by atoms with van der Waals surface area (Å²) >= 11 is 0. The van der Waals surface area contributed by atoms with Crippen LogP contribution in [0.5, 0.6) is 0 Å². The predicted molar refractivity (Wildman–Crippen MR) is 68.3 cm³/mol. The van der Waals surface area contributed by atoms with Crippen molar-refractivity contribution < 1.29 is 0 Å². The summed E-state index contributed by atoms with van der Waals surface area (Å²) in [6.45, 7) is 0. The molecule has 0 saturated heterocycles. The lowest BCUT2D eigenvalue weighted by Gasteiger charge is -2.53. The molecule has 0 aliphatic heterocycles. The molecule has 0 amide bonds. The molecule has 3 aliphatic rings. The first-order chi connectivity index (χ1) is 8.43. The molecule has 2 aromatic rings. The Kier molecular flexibility index (Phi) is 1.16. The molecule has 3 atom stereocenters. The Bertz CT molecular complexity index is 674. The lowest BCUT2D eigenvalue weighted by Crippen LogP contribution is -2.46. The molecule has 2 aromatic carbocycles. The van der Waals surface area contributed by atoms with Crippen LogP contribution in [0, 0.1) is 0 Å². The molecule has 0 nitrogen and oxygen atoms in total. The van der Waals surface area contributed by atoms with Gasteiger partial charge in [0.05, 0.1) is 0 Å². The summed E-state index contributed by atoms with van der Waals surface area (Å²) in [6.07, 6.45) is 4.82. The monoisotopic (exact) mass is 216 g/mol. The van der Waals surface area contributed by atoms with Crippen molar-refractivity contribution in [3.05, 3.63) is 82.9 Å². The highest BCUT2D eigenvalue weighted by Crippen LogP contribution is 2.71. The summed E-state index contributed by atoms with van der Waals surface area (Å²) < 4.78 is 0. The highest BCUT2D eigenvalue weighted by molar-refractivity contribution is 5.72. The molecule has 1 spiro atoms. The van der Waals surface area contributed by atoms with Crippen LogP contribution >= 0.6 is 0 Å². The molecule has 5 rings (SSSR count). The van der Waals surface area contributed by atoms with Gasteiger partial charge in [-0.05, 0) is 22.3 Å². The van der Waals surface area contributed by atoms with Crippen LogP contribution in [0.15, 0.2) is 60.7 Å². The van der Waals surface area contributed by atoms with Crippen molar-refractivity contribution in [1.82, 2.24) is 0 Å². The zero-order chi connectivity index (χ0) is 11.0. The Labute approximate surface area is 101 Å². The van der Waals surface area contributed by atoms with Crippen LogP contribution in [0.25, 0.3) is 0 Å². The van der Waals surface area contributed by atoms with Gasteiger partial charge in [0.25, 0.3) is 0 Å². The van der Waals surface area contributed by atoms with Crippen molar-refractivity contribution in [3.8, 4) is 0 Å². The van der Waals surface area contributed by atoms with Crippen molar-refractivity contribution in [2.75, 3.05) is 0 Å². The third-order valence-electron chi connectivity index (χ3n) is 4.94. The van der Waals surface area contributed by atoms with Crippen molar-refractivity contribution in [2.24, 2.45) is 0 Å². The summed E-state index contributed by atoms with van der Waals surface area (Å²) in [7, 11) is 0. The van der Waals surface area contributed by atoms with Crippen molar-refractivity contribution in [2.45, 2.75) is 17.3 Å². The maximum Gasteiger partial charge on any atom is 0.0348 e. The number of hydrogen-bond donors (Lipinski definition) is 0. The number of allylic oxidation sites excluding steroid dienone is 2. The van der Waals surface area contributed by atoms with E-state index in [0.29, 0.717) is 17.3 Å². The van der Waals surface area contributed by atoms with Gasteiger partial charge in [0.2, 0.25) is 0 Å². The molecule has 0 bridgehead atoms. The Hall–Kier alpha value is -1.82. The van der Waals surface area contributed by atoms with Crippen LogP contribution in [-0.2, 0) is 5.41 Å². The van der Waals surface area contributed by atoms with Crippen LogP contribution in [0.1, 0.15) is 34.1 Å². The maximum atomic E-state index is 2.44. The average molecular weight is 216 g/mol. The van der Waals surface area contributed by atoms with Crippen LogP contribution < -0.4 is 0 Å². The lowest BCUT2D eigenvalue weighted by atomic mass is 9.49. The minimum atomic E-state index is 0.334. The molecular weight excluding hydrogens is 204 g/mol. The number of fused-ring (bicyclic) bond motifs is 5. The second-order valence-electron chi connectivity index (χ2n) is 5.42. The molecule has 0 heteroatoms. The van der Waals surface area contributed by atoms with E-state index >= 15 is 0 Å². The molecular formula is C17H12. The normalized spacial score (nSPS) is 33.9. The summed E-state index contributed by atoms with van der Waals surface area (Å²) in [5.41, 5.74) is 6.55. The van der Waals surface area contributed by atoms with Crippen LogP contribution in [0.3, 0.4) is 0 Å². The molecule has 17 heavy (non-hydrogen) atoms. The fourth-order valence-corrected chi connectivity index (χ4v) is 4.25. The Morgan fingerprint density at radius 1 is 0.765 bits per heavy atom. The van der Waals surface area contributed by atoms with E-state index in [1.165, 1.54) is 0 Å². The molecule has 3 aliphatic carbocycles. The Morgan fingerprint density at radius 3 is 2.24 bits per heavy atom. The SMILES string of the molecule is C1=CC23c4ccccc4C2c2ccccc2C13.